The van der Waals surface area contributed by atoms with Gasteiger partial charge in [-0.2, -0.15) is 0 Å². The van der Waals surface area contributed by atoms with Gasteiger partial charge in [0.2, 0.25) is 0 Å². The lowest BCUT2D eigenvalue weighted by Crippen LogP contribution is -2.32. The molecule has 1 heterocycles. The number of piperidine rings is 1. The van der Waals surface area contributed by atoms with Crippen molar-refractivity contribution in [2.45, 2.75) is 32.6 Å². The molecule has 21 heavy (non-hydrogen) atoms. The summed E-state index contributed by atoms with van der Waals surface area (Å²) >= 11 is 0. The summed E-state index contributed by atoms with van der Waals surface area (Å²) in [6, 6.07) is 14.5. The molecule has 0 radical (unpaired) electrons. The van der Waals surface area contributed by atoms with Gasteiger partial charge in [0, 0.05) is 18.8 Å². The molecule has 0 spiro atoms. The Morgan fingerprint density at radius 1 is 0.905 bits per heavy atom. The highest BCUT2D eigenvalue weighted by molar-refractivity contribution is 5.51. The van der Waals surface area contributed by atoms with Crippen LogP contribution < -0.4 is 4.90 Å². The lowest BCUT2D eigenvalue weighted by atomic mass is 9.89. The van der Waals surface area contributed by atoms with Crippen LogP contribution in [-0.4, -0.2) is 18.2 Å². The Balaban J connectivity index is 1.68. The van der Waals surface area contributed by atoms with Crippen molar-refractivity contribution in [3.05, 3.63) is 59.2 Å². The molecule has 0 aliphatic carbocycles. The minimum atomic E-state index is 0.353. The Morgan fingerprint density at radius 3 is 2.05 bits per heavy atom. The van der Waals surface area contributed by atoms with Gasteiger partial charge in [0.05, 0.1) is 0 Å². The highest BCUT2D eigenvalue weighted by Crippen LogP contribution is 2.31. The third-order valence-corrected chi connectivity index (χ3v) is 4.43. The van der Waals surface area contributed by atoms with Crippen molar-refractivity contribution in [3.8, 4) is 5.75 Å². The Bertz CT molecular complexity index is 590. The zero-order chi connectivity index (χ0) is 14.8. The van der Waals surface area contributed by atoms with Crippen LogP contribution in [-0.2, 0) is 0 Å². The van der Waals surface area contributed by atoms with Crippen LogP contribution in [0.2, 0.25) is 0 Å². The fourth-order valence-electron chi connectivity index (χ4n) is 3.35. The second-order valence-electron chi connectivity index (χ2n) is 6.20. The van der Waals surface area contributed by atoms with Gasteiger partial charge in [0.25, 0.3) is 0 Å². The summed E-state index contributed by atoms with van der Waals surface area (Å²) in [7, 11) is 0. The van der Waals surface area contributed by atoms with Crippen molar-refractivity contribution in [1.29, 1.82) is 0 Å². The molecule has 1 aliphatic rings. The van der Waals surface area contributed by atoms with Crippen LogP contribution in [0.3, 0.4) is 0 Å². The van der Waals surface area contributed by atoms with E-state index in [9.17, 15) is 5.11 Å². The van der Waals surface area contributed by atoms with Crippen molar-refractivity contribution in [3.63, 3.8) is 0 Å². The number of nitrogens with zero attached hydrogens (tertiary/aromatic N) is 1. The molecule has 1 fully saturated rings. The number of hydrogen-bond donors (Lipinski definition) is 1. The summed E-state index contributed by atoms with van der Waals surface area (Å²) in [6.07, 6.45) is 2.36. The third-order valence-electron chi connectivity index (χ3n) is 4.43. The minimum absolute atomic E-state index is 0.353. The van der Waals surface area contributed by atoms with E-state index < -0.39 is 0 Å². The van der Waals surface area contributed by atoms with Gasteiger partial charge in [-0.05, 0) is 73.6 Å². The predicted octanol–water partition coefficient (Wildman–Crippen LogP) is 4.39. The molecular weight excluding hydrogens is 258 g/mol. The van der Waals surface area contributed by atoms with E-state index in [1.807, 2.05) is 0 Å². The molecular formula is C19H23NO. The zero-order valence-corrected chi connectivity index (χ0v) is 12.8. The van der Waals surface area contributed by atoms with Crippen LogP contribution in [0.25, 0.3) is 0 Å². The lowest BCUT2D eigenvalue weighted by molar-refractivity contribution is 0.473. The summed E-state index contributed by atoms with van der Waals surface area (Å²) in [6.45, 7) is 6.54. The molecule has 0 saturated carbocycles. The topological polar surface area (TPSA) is 23.5 Å². The van der Waals surface area contributed by atoms with E-state index in [0.29, 0.717) is 11.7 Å². The van der Waals surface area contributed by atoms with Crippen LogP contribution in [0, 0.1) is 13.8 Å². The smallest absolute Gasteiger partial charge is 0.115 e. The van der Waals surface area contributed by atoms with Gasteiger partial charge in [-0.25, -0.2) is 0 Å². The number of aryl methyl sites for hydroxylation is 2. The molecule has 0 aromatic heterocycles. The average molecular weight is 281 g/mol. The Morgan fingerprint density at radius 2 is 1.48 bits per heavy atom. The van der Waals surface area contributed by atoms with Gasteiger partial charge in [-0.15, -0.1) is 0 Å². The highest BCUT2D eigenvalue weighted by Gasteiger charge is 2.21. The van der Waals surface area contributed by atoms with E-state index in [4.69, 9.17) is 0 Å². The monoisotopic (exact) mass is 281 g/mol. The quantitative estimate of drug-likeness (QED) is 0.882. The number of rotatable bonds is 2. The predicted molar refractivity (Wildman–Crippen MR) is 88.2 cm³/mol. The second-order valence-corrected chi connectivity index (χ2v) is 6.20. The molecule has 0 atom stereocenters. The standard InChI is InChI=1S/C19H23NO/c1-14-11-15(2)13-18(12-14)20-9-7-17(8-10-20)16-3-5-19(21)6-4-16/h3-6,11-13,17,21H,7-10H2,1-2H3. The van der Waals surface area contributed by atoms with Crippen LogP contribution >= 0.6 is 0 Å². The maximum absolute atomic E-state index is 9.39. The largest absolute Gasteiger partial charge is 0.508 e. The molecule has 1 aliphatic heterocycles. The van der Waals surface area contributed by atoms with Crippen LogP contribution in [0.15, 0.2) is 42.5 Å². The molecule has 110 valence electrons. The minimum Gasteiger partial charge on any atom is -0.508 e. The summed E-state index contributed by atoms with van der Waals surface area (Å²) in [5, 5.41) is 9.39. The van der Waals surface area contributed by atoms with Gasteiger partial charge in [0.15, 0.2) is 0 Å². The molecule has 0 amide bonds. The fourth-order valence-corrected chi connectivity index (χ4v) is 3.35. The summed E-state index contributed by atoms with van der Waals surface area (Å²) in [4.78, 5) is 2.50. The van der Waals surface area contributed by atoms with E-state index in [-0.39, 0.29) is 0 Å². The third kappa shape index (κ3) is 3.21. The van der Waals surface area contributed by atoms with Gasteiger partial charge in [-0.3, -0.25) is 0 Å². The molecule has 1 saturated heterocycles. The number of hydrogen-bond acceptors (Lipinski definition) is 2. The Labute approximate surface area is 127 Å². The number of benzene rings is 2. The van der Waals surface area contributed by atoms with E-state index in [2.05, 4.69) is 49.1 Å². The first kappa shape index (κ1) is 14.0. The lowest BCUT2D eigenvalue weighted by Gasteiger charge is -2.34. The van der Waals surface area contributed by atoms with Crippen molar-refractivity contribution >= 4 is 5.69 Å². The molecule has 1 N–H and O–H groups in total. The van der Waals surface area contributed by atoms with Crippen LogP contribution in [0.1, 0.15) is 35.4 Å². The Kier molecular flexibility index (Phi) is 3.87. The number of phenolic OH excluding ortho intramolecular Hbond substituents is 1. The normalized spacial score (nSPS) is 16.2. The van der Waals surface area contributed by atoms with E-state index in [1.165, 1.54) is 35.2 Å². The van der Waals surface area contributed by atoms with Gasteiger partial charge in [0.1, 0.15) is 5.75 Å². The first-order chi connectivity index (χ1) is 10.1. The average Bonchev–Trinajstić information content (AvgIpc) is 2.47. The SMILES string of the molecule is Cc1cc(C)cc(N2CCC(c3ccc(O)cc3)CC2)c1. The van der Waals surface area contributed by atoms with Crippen LogP contribution in [0.4, 0.5) is 5.69 Å². The second kappa shape index (κ2) is 5.80. The van der Waals surface area contributed by atoms with E-state index >= 15 is 0 Å². The Hall–Kier alpha value is -1.96. The molecule has 0 unspecified atom stereocenters. The van der Waals surface area contributed by atoms with Crippen molar-refractivity contribution in [2.24, 2.45) is 0 Å². The summed E-state index contributed by atoms with van der Waals surface area (Å²) in [5.74, 6) is 0.971. The van der Waals surface area contributed by atoms with Crippen molar-refractivity contribution < 1.29 is 5.11 Å². The number of anilines is 1. The van der Waals surface area contributed by atoms with Crippen molar-refractivity contribution in [1.82, 2.24) is 0 Å². The highest BCUT2D eigenvalue weighted by atomic mass is 16.3. The van der Waals surface area contributed by atoms with Crippen molar-refractivity contribution in [2.75, 3.05) is 18.0 Å². The maximum Gasteiger partial charge on any atom is 0.115 e. The first-order valence-corrected chi connectivity index (χ1v) is 7.74. The first-order valence-electron chi connectivity index (χ1n) is 7.74. The van der Waals surface area contributed by atoms with E-state index in [0.717, 1.165) is 13.1 Å². The summed E-state index contributed by atoms with van der Waals surface area (Å²) in [5.41, 5.74) is 5.39. The summed E-state index contributed by atoms with van der Waals surface area (Å²) < 4.78 is 0. The fraction of sp³-hybridized carbons (Fsp3) is 0.368. The van der Waals surface area contributed by atoms with Crippen LogP contribution in [0.5, 0.6) is 5.75 Å². The van der Waals surface area contributed by atoms with E-state index in [1.54, 1.807) is 12.1 Å². The van der Waals surface area contributed by atoms with Gasteiger partial charge < -0.3 is 10.0 Å². The zero-order valence-electron chi connectivity index (χ0n) is 12.8. The molecule has 3 rings (SSSR count). The number of aromatic hydroxyl groups is 1. The maximum atomic E-state index is 9.39. The molecule has 2 heteroatoms. The number of phenols is 1. The molecule has 2 aromatic carbocycles. The molecule has 0 bridgehead atoms. The molecule has 2 nitrogen and oxygen atoms in total. The molecule has 2 aromatic rings. The van der Waals surface area contributed by atoms with Gasteiger partial charge >= 0.3 is 0 Å². The van der Waals surface area contributed by atoms with Gasteiger partial charge in [-0.1, -0.05) is 18.2 Å².